The van der Waals surface area contributed by atoms with Crippen molar-refractivity contribution in [3.8, 4) is 0 Å². The van der Waals surface area contributed by atoms with Gasteiger partial charge in [-0.25, -0.2) is 8.78 Å². The number of carbonyl (C=O) groups excluding carboxylic acids is 2. The number of methoxy groups -OCH3 is 1. The molecule has 27 heavy (non-hydrogen) atoms. The monoisotopic (exact) mass is 381 g/mol. The zero-order valence-corrected chi connectivity index (χ0v) is 15.0. The largest absolute Gasteiger partial charge is 0.469 e. The lowest BCUT2D eigenvalue weighted by Gasteiger charge is -2.44. The highest BCUT2D eigenvalue weighted by Crippen LogP contribution is 2.53. The van der Waals surface area contributed by atoms with Gasteiger partial charge in [-0.05, 0) is 25.0 Å². The SMILES string of the molecule is COC(=O)C1CC2(C[C@@]3(CCN(c4cc(F)cc(F)c4)C3=O)C1)OCCO2. The molecule has 0 radical (unpaired) electrons. The number of benzene rings is 1. The van der Waals surface area contributed by atoms with E-state index >= 15 is 0 Å². The van der Waals surface area contributed by atoms with Crippen LogP contribution >= 0.6 is 0 Å². The predicted octanol–water partition coefficient (Wildman–Crippen LogP) is 2.40. The maximum Gasteiger partial charge on any atom is 0.308 e. The summed E-state index contributed by atoms with van der Waals surface area (Å²) in [6.07, 6.45) is 1.41. The van der Waals surface area contributed by atoms with Crippen molar-refractivity contribution in [1.82, 2.24) is 0 Å². The third kappa shape index (κ3) is 3.10. The van der Waals surface area contributed by atoms with Crippen molar-refractivity contribution in [3.63, 3.8) is 0 Å². The summed E-state index contributed by atoms with van der Waals surface area (Å²) in [6, 6.07) is 3.04. The lowest BCUT2D eigenvalue weighted by atomic mass is 9.66. The van der Waals surface area contributed by atoms with Gasteiger partial charge in [0.1, 0.15) is 11.6 Å². The maximum atomic E-state index is 13.6. The molecule has 2 heterocycles. The van der Waals surface area contributed by atoms with Crippen molar-refractivity contribution in [2.75, 3.05) is 31.8 Å². The van der Waals surface area contributed by atoms with Crippen LogP contribution in [0.5, 0.6) is 0 Å². The van der Waals surface area contributed by atoms with Crippen LogP contribution in [0.4, 0.5) is 14.5 Å². The molecule has 0 bridgehead atoms. The molecule has 1 amide bonds. The number of hydrogen-bond donors (Lipinski definition) is 0. The first-order valence-electron chi connectivity index (χ1n) is 9.00. The minimum absolute atomic E-state index is 0.178. The van der Waals surface area contributed by atoms with Gasteiger partial charge in [0.2, 0.25) is 5.91 Å². The smallest absolute Gasteiger partial charge is 0.308 e. The number of amides is 1. The average molecular weight is 381 g/mol. The van der Waals surface area contributed by atoms with Gasteiger partial charge in [-0.15, -0.1) is 0 Å². The normalized spacial score (nSPS) is 29.7. The molecule has 4 rings (SSSR count). The Bertz CT molecular complexity index is 759. The highest BCUT2D eigenvalue weighted by atomic mass is 19.1. The number of rotatable bonds is 2. The van der Waals surface area contributed by atoms with Crippen LogP contribution in [0.1, 0.15) is 25.7 Å². The van der Waals surface area contributed by atoms with E-state index in [1.54, 1.807) is 0 Å². The van der Waals surface area contributed by atoms with Crippen LogP contribution in [0.25, 0.3) is 0 Å². The Morgan fingerprint density at radius 1 is 1.19 bits per heavy atom. The van der Waals surface area contributed by atoms with Gasteiger partial charge in [0.25, 0.3) is 0 Å². The molecule has 2 atom stereocenters. The molecular formula is C19H21F2NO5. The number of hydrogen-bond acceptors (Lipinski definition) is 5. The molecule has 146 valence electrons. The van der Waals surface area contributed by atoms with Crippen LogP contribution in [0.3, 0.4) is 0 Å². The molecule has 8 heteroatoms. The summed E-state index contributed by atoms with van der Waals surface area (Å²) < 4.78 is 43.7. The summed E-state index contributed by atoms with van der Waals surface area (Å²) in [4.78, 5) is 26.9. The number of esters is 1. The Kier molecular flexibility index (Phi) is 4.43. The van der Waals surface area contributed by atoms with E-state index in [0.29, 0.717) is 45.4 Å². The molecule has 0 N–H and O–H groups in total. The first-order valence-corrected chi connectivity index (χ1v) is 9.00. The Labute approximate surface area is 155 Å². The van der Waals surface area contributed by atoms with Gasteiger partial charge < -0.3 is 19.1 Å². The Morgan fingerprint density at radius 2 is 1.85 bits per heavy atom. The van der Waals surface area contributed by atoms with Gasteiger partial charge in [-0.2, -0.15) is 0 Å². The minimum Gasteiger partial charge on any atom is -0.469 e. The molecule has 6 nitrogen and oxygen atoms in total. The Morgan fingerprint density at radius 3 is 2.48 bits per heavy atom. The van der Waals surface area contributed by atoms with Crippen LogP contribution in [0.2, 0.25) is 0 Å². The van der Waals surface area contributed by atoms with Crippen LogP contribution in [-0.4, -0.2) is 44.5 Å². The predicted molar refractivity (Wildman–Crippen MR) is 89.8 cm³/mol. The summed E-state index contributed by atoms with van der Waals surface area (Å²) >= 11 is 0. The van der Waals surface area contributed by atoms with Gasteiger partial charge in [-0.3, -0.25) is 9.59 Å². The van der Waals surface area contributed by atoms with E-state index in [4.69, 9.17) is 14.2 Å². The maximum absolute atomic E-state index is 13.6. The summed E-state index contributed by atoms with van der Waals surface area (Å²) in [6.45, 7) is 1.11. The van der Waals surface area contributed by atoms with Gasteiger partial charge in [0.05, 0.1) is 31.7 Å². The van der Waals surface area contributed by atoms with Crippen molar-refractivity contribution in [3.05, 3.63) is 29.8 Å². The van der Waals surface area contributed by atoms with Gasteiger partial charge >= 0.3 is 5.97 Å². The number of anilines is 1. The first-order chi connectivity index (χ1) is 12.9. The fourth-order valence-corrected chi connectivity index (χ4v) is 4.74. The second-order valence-electron chi connectivity index (χ2n) is 7.53. The molecule has 3 fully saturated rings. The van der Waals surface area contributed by atoms with E-state index in [0.717, 1.165) is 18.2 Å². The van der Waals surface area contributed by atoms with Gasteiger partial charge in [-0.1, -0.05) is 0 Å². The molecule has 2 spiro atoms. The van der Waals surface area contributed by atoms with E-state index in [9.17, 15) is 18.4 Å². The van der Waals surface area contributed by atoms with E-state index in [2.05, 4.69) is 0 Å². The summed E-state index contributed by atoms with van der Waals surface area (Å²) in [5.41, 5.74) is -0.707. The van der Waals surface area contributed by atoms with E-state index in [1.807, 2.05) is 0 Å². The van der Waals surface area contributed by atoms with Crippen molar-refractivity contribution in [2.24, 2.45) is 11.3 Å². The quantitative estimate of drug-likeness (QED) is 0.736. The number of carbonyl (C=O) groups is 2. The molecule has 1 aromatic rings. The fourth-order valence-electron chi connectivity index (χ4n) is 4.74. The molecule has 1 saturated carbocycles. The highest BCUT2D eigenvalue weighted by molar-refractivity contribution is 6.00. The average Bonchev–Trinajstić information content (AvgIpc) is 3.18. The molecule has 2 saturated heterocycles. The van der Waals surface area contributed by atoms with Crippen LogP contribution in [-0.2, 0) is 23.8 Å². The number of ether oxygens (including phenoxy) is 3. The van der Waals surface area contributed by atoms with Gasteiger partial charge in [0, 0.05) is 31.1 Å². The van der Waals surface area contributed by atoms with E-state index in [-0.39, 0.29) is 11.6 Å². The first kappa shape index (κ1) is 18.3. The third-order valence-corrected chi connectivity index (χ3v) is 5.82. The third-order valence-electron chi connectivity index (χ3n) is 5.82. The molecule has 2 aliphatic heterocycles. The van der Waals surface area contributed by atoms with E-state index < -0.39 is 34.7 Å². The van der Waals surface area contributed by atoms with Gasteiger partial charge in [0.15, 0.2) is 5.79 Å². The molecule has 0 aromatic heterocycles. The molecule has 1 aliphatic carbocycles. The second-order valence-corrected chi connectivity index (χ2v) is 7.53. The standard InChI is InChI=1S/C19H21F2NO5/c1-25-16(23)12-9-18(11-19(10-12)26-4-5-27-19)2-3-22(17(18)24)15-7-13(20)6-14(21)8-15/h6-8,12H,2-5,9-11H2,1H3/t12?,18-/m1/s1. The lowest BCUT2D eigenvalue weighted by Crippen LogP contribution is -2.51. The van der Waals surface area contributed by atoms with Crippen LogP contribution < -0.4 is 4.90 Å². The topological polar surface area (TPSA) is 65.1 Å². The summed E-state index contributed by atoms with van der Waals surface area (Å²) in [5.74, 6) is -3.68. The second kappa shape index (κ2) is 6.53. The number of nitrogens with zero attached hydrogens (tertiary/aromatic N) is 1. The molecule has 3 aliphatic rings. The van der Waals surface area contributed by atoms with Crippen molar-refractivity contribution in [1.29, 1.82) is 0 Å². The summed E-state index contributed by atoms with van der Waals surface area (Å²) in [5, 5.41) is 0. The molecular weight excluding hydrogens is 360 g/mol. The Balaban J connectivity index is 1.66. The van der Waals surface area contributed by atoms with Crippen molar-refractivity contribution < 1.29 is 32.6 Å². The summed E-state index contributed by atoms with van der Waals surface area (Å²) in [7, 11) is 1.31. The highest BCUT2D eigenvalue weighted by Gasteiger charge is 2.59. The van der Waals surface area contributed by atoms with Crippen LogP contribution in [0.15, 0.2) is 18.2 Å². The molecule has 1 aromatic carbocycles. The minimum atomic E-state index is -0.990. The number of halogens is 2. The molecule has 1 unspecified atom stereocenters. The van der Waals surface area contributed by atoms with Crippen molar-refractivity contribution in [2.45, 2.75) is 31.5 Å². The zero-order valence-electron chi connectivity index (χ0n) is 15.0. The van der Waals surface area contributed by atoms with Crippen LogP contribution in [0, 0.1) is 23.0 Å². The fraction of sp³-hybridized carbons (Fsp3) is 0.579. The lowest BCUT2D eigenvalue weighted by molar-refractivity contribution is -0.216. The Hall–Kier alpha value is -2.06. The van der Waals surface area contributed by atoms with E-state index in [1.165, 1.54) is 12.0 Å². The van der Waals surface area contributed by atoms with Crippen molar-refractivity contribution >= 4 is 17.6 Å². The zero-order chi connectivity index (χ0) is 19.2.